The minimum absolute atomic E-state index is 0.0199. The van der Waals surface area contributed by atoms with Crippen LogP contribution in [-0.4, -0.2) is 56.9 Å². The molecule has 0 aliphatic carbocycles. The first kappa shape index (κ1) is 24.8. The first-order valence-electron chi connectivity index (χ1n) is 10.9. The van der Waals surface area contributed by atoms with Crippen molar-refractivity contribution in [3.8, 4) is 11.3 Å². The van der Waals surface area contributed by atoms with E-state index >= 15 is 0 Å². The maximum atomic E-state index is 14.9. The Morgan fingerprint density at radius 3 is 2.66 bits per heavy atom. The summed E-state index contributed by atoms with van der Waals surface area (Å²) in [6, 6.07) is 1.91. The number of ether oxygens (including phenoxy) is 1. The Hall–Kier alpha value is -3.35. The number of aromatic nitrogens is 4. The topological polar surface area (TPSA) is 94.0 Å². The van der Waals surface area contributed by atoms with Crippen molar-refractivity contribution in [1.29, 1.82) is 0 Å². The first-order chi connectivity index (χ1) is 16.5. The number of halogens is 5. The summed E-state index contributed by atoms with van der Waals surface area (Å²) in [4.78, 5) is 23.6. The fourth-order valence-electron chi connectivity index (χ4n) is 4.19. The van der Waals surface area contributed by atoms with Gasteiger partial charge in [-0.15, -0.1) is 0 Å². The van der Waals surface area contributed by atoms with E-state index in [1.165, 1.54) is 0 Å². The highest BCUT2D eigenvalue weighted by Gasteiger charge is 2.44. The predicted molar refractivity (Wildman–Crippen MR) is 117 cm³/mol. The fraction of sp³-hybridized carbons (Fsp3) is 0.455. The third-order valence-corrected chi connectivity index (χ3v) is 5.69. The van der Waals surface area contributed by atoms with Crippen LogP contribution in [0.15, 0.2) is 18.3 Å². The summed E-state index contributed by atoms with van der Waals surface area (Å²) >= 11 is 0. The SMILES string of the molecule is Cc1nc2c(F)cc(-c3nc(N[C@@H]4CCNC[C@H]4OC(=O)C(F)(F)F)ncc3F)cc2n1C(C)C. The van der Waals surface area contributed by atoms with Crippen molar-refractivity contribution in [2.24, 2.45) is 0 Å². The summed E-state index contributed by atoms with van der Waals surface area (Å²) in [5.74, 6) is -3.27. The maximum Gasteiger partial charge on any atom is 0.490 e. The van der Waals surface area contributed by atoms with E-state index in [4.69, 9.17) is 0 Å². The molecule has 1 aliphatic rings. The van der Waals surface area contributed by atoms with Gasteiger partial charge in [0.1, 0.15) is 23.1 Å². The smallest absolute Gasteiger partial charge is 0.452 e. The Morgan fingerprint density at radius 2 is 1.97 bits per heavy atom. The largest absolute Gasteiger partial charge is 0.490 e. The van der Waals surface area contributed by atoms with Crippen LogP contribution in [-0.2, 0) is 9.53 Å². The van der Waals surface area contributed by atoms with Crippen molar-refractivity contribution in [1.82, 2.24) is 24.8 Å². The summed E-state index contributed by atoms with van der Waals surface area (Å²) < 4.78 is 73.9. The van der Waals surface area contributed by atoms with E-state index in [2.05, 4.69) is 30.3 Å². The Balaban J connectivity index is 1.66. The standard InChI is InChI=1S/C22H23F5N6O2/c1-10(2)33-11(3)30-19-13(23)6-12(7-16(19)33)18-14(24)8-29-21(32-18)31-15-4-5-28-9-17(15)35-20(34)22(25,26)27/h6-8,10,15,17,28H,4-5,9H2,1-3H3,(H,29,31,32)/t15-,17-/m1/s1. The number of hydrogen-bond donors (Lipinski definition) is 2. The molecule has 3 heterocycles. The average molecular weight is 498 g/mol. The summed E-state index contributed by atoms with van der Waals surface area (Å²) in [7, 11) is 0. The van der Waals surface area contributed by atoms with Crippen LogP contribution in [0.1, 0.15) is 32.1 Å². The summed E-state index contributed by atoms with van der Waals surface area (Å²) in [5.41, 5.74) is 0.564. The van der Waals surface area contributed by atoms with E-state index in [1.807, 2.05) is 18.4 Å². The number of piperidine rings is 1. The summed E-state index contributed by atoms with van der Waals surface area (Å²) in [6.07, 6.45) is -5.12. The molecule has 0 amide bonds. The highest BCUT2D eigenvalue weighted by atomic mass is 19.4. The van der Waals surface area contributed by atoms with E-state index in [0.29, 0.717) is 24.3 Å². The van der Waals surface area contributed by atoms with Crippen LogP contribution in [0.25, 0.3) is 22.3 Å². The van der Waals surface area contributed by atoms with Gasteiger partial charge in [-0.3, -0.25) is 0 Å². The zero-order valence-corrected chi connectivity index (χ0v) is 19.1. The van der Waals surface area contributed by atoms with Crippen LogP contribution in [0.2, 0.25) is 0 Å². The second-order valence-corrected chi connectivity index (χ2v) is 8.52. The number of nitrogens with one attached hydrogen (secondary N) is 2. The number of aryl methyl sites for hydroxylation is 1. The van der Waals surface area contributed by atoms with Gasteiger partial charge in [-0.2, -0.15) is 13.2 Å². The third-order valence-electron chi connectivity index (χ3n) is 5.69. The number of fused-ring (bicyclic) bond motifs is 1. The van der Waals surface area contributed by atoms with Gasteiger partial charge in [0.15, 0.2) is 11.6 Å². The molecule has 1 fully saturated rings. The van der Waals surface area contributed by atoms with Crippen LogP contribution < -0.4 is 10.6 Å². The van der Waals surface area contributed by atoms with Gasteiger partial charge in [0.05, 0.1) is 17.8 Å². The van der Waals surface area contributed by atoms with Crippen LogP contribution >= 0.6 is 0 Å². The van der Waals surface area contributed by atoms with E-state index in [0.717, 1.165) is 12.3 Å². The highest BCUT2D eigenvalue weighted by molar-refractivity contribution is 5.83. The van der Waals surface area contributed by atoms with Gasteiger partial charge in [-0.05, 0) is 45.9 Å². The molecule has 2 aromatic heterocycles. The van der Waals surface area contributed by atoms with Crippen molar-refractivity contribution in [2.45, 2.75) is 51.6 Å². The van der Waals surface area contributed by atoms with Crippen LogP contribution in [0.4, 0.5) is 27.9 Å². The molecule has 4 rings (SSSR count). The van der Waals surface area contributed by atoms with Crippen molar-refractivity contribution >= 4 is 23.0 Å². The van der Waals surface area contributed by atoms with Crippen molar-refractivity contribution in [3.63, 3.8) is 0 Å². The predicted octanol–water partition coefficient (Wildman–Crippen LogP) is 3.91. The van der Waals surface area contributed by atoms with E-state index in [1.54, 1.807) is 13.0 Å². The normalized spacial score (nSPS) is 18.8. The first-order valence-corrected chi connectivity index (χ1v) is 10.9. The molecular formula is C22H23F5N6O2. The summed E-state index contributed by atoms with van der Waals surface area (Å²) in [5, 5.41) is 5.68. The lowest BCUT2D eigenvalue weighted by Gasteiger charge is -2.32. The molecule has 1 aliphatic heterocycles. The number of alkyl halides is 3. The Bertz CT molecular complexity index is 1260. The number of hydrogen-bond acceptors (Lipinski definition) is 7. The van der Waals surface area contributed by atoms with Gasteiger partial charge in [-0.1, -0.05) is 0 Å². The van der Waals surface area contributed by atoms with Gasteiger partial charge >= 0.3 is 12.1 Å². The molecule has 2 N–H and O–H groups in total. The number of anilines is 1. The lowest BCUT2D eigenvalue weighted by atomic mass is 10.0. The minimum Gasteiger partial charge on any atom is -0.452 e. The number of benzene rings is 1. The lowest BCUT2D eigenvalue weighted by molar-refractivity contribution is -0.205. The number of carbonyl (C=O) groups is 1. The van der Waals surface area contributed by atoms with E-state index in [-0.39, 0.29) is 35.3 Å². The van der Waals surface area contributed by atoms with Gasteiger partial charge in [-0.25, -0.2) is 28.5 Å². The van der Waals surface area contributed by atoms with E-state index < -0.39 is 35.9 Å². The number of carbonyl (C=O) groups excluding carboxylic acids is 1. The van der Waals surface area contributed by atoms with Crippen LogP contribution in [0.5, 0.6) is 0 Å². The number of rotatable bonds is 5. The molecule has 0 spiro atoms. The molecule has 0 unspecified atom stereocenters. The Labute approximate surface area is 196 Å². The Morgan fingerprint density at radius 1 is 1.23 bits per heavy atom. The quantitative estimate of drug-likeness (QED) is 0.407. The number of imidazole rings is 1. The molecule has 0 radical (unpaired) electrons. The highest BCUT2D eigenvalue weighted by Crippen LogP contribution is 2.30. The monoisotopic (exact) mass is 498 g/mol. The van der Waals surface area contributed by atoms with Crippen molar-refractivity contribution < 1.29 is 31.5 Å². The maximum absolute atomic E-state index is 14.9. The molecule has 0 bridgehead atoms. The summed E-state index contributed by atoms with van der Waals surface area (Å²) in [6.45, 7) is 5.98. The molecule has 8 nitrogen and oxygen atoms in total. The van der Waals surface area contributed by atoms with Gasteiger partial charge < -0.3 is 19.9 Å². The average Bonchev–Trinajstić information content (AvgIpc) is 3.12. The molecule has 3 aromatic rings. The zero-order valence-electron chi connectivity index (χ0n) is 19.1. The fourth-order valence-corrected chi connectivity index (χ4v) is 4.19. The molecule has 188 valence electrons. The Kier molecular flexibility index (Phi) is 6.62. The second-order valence-electron chi connectivity index (χ2n) is 8.52. The lowest BCUT2D eigenvalue weighted by Crippen LogP contribution is -2.51. The van der Waals surface area contributed by atoms with E-state index in [9.17, 15) is 26.7 Å². The molecular weight excluding hydrogens is 475 g/mol. The number of esters is 1. The third kappa shape index (κ3) is 5.04. The van der Waals surface area contributed by atoms with Crippen LogP contribution in [0, 0.1) is 18.6 Å². The number of nitrogens with zero attached hydrogens (tertiary/aromatic N) is 4. The van der Waals surface area contributed by atoms with Gasteiger partial charge in [0.25, 0.3) is 0 Å². The van der Waals surface area contributed by atoms with Crippen molar-refractivity contribution in [3.05, 3.63) is 35.8 Å². The molecule has 1 aromatic carbocycles. The zero-order chi connectivity index (χ0) is 25.5. The second kappa shape index (κ2) is 9.36. The molecule has 35 heavy (non-hydrogen) atoms. The molecule has 2 atom stereocenters. The van der Waals surface area contributed by atoms with Crippen molar-refractivity contribution in [2.75, 3.05) is 18.4 Å². The molecule has 13 heteroatoms. The van der Waals surface area contributed by atoms with Gasteiger partial charge in [0, 0.05) is 18.2 Å². The van der Waals surface area contributed by atoms with Gasteiger partial charge in [0.2, 0.25) is 5.95 Å². The minimum atomic E-state index is -5.13. The molecule has 0 saturated carbocycles. The molecule has 1 saturated heterocycles. The van der Waals surface area contributed by atoms with Crippen LogP contribution in [0.3, 0.4) is 0 Å².